The van der Waals surface area contributed by atoms with Crippen molar-refractivity contribution in [3.63, 3.8) is 0 Å². The van der Waals surface area contributed by atoms with Gasteiger partial charge in [0, 0.05) is 30.2 Å². The molecule has 0 aliphatic carbocycles. The number of non-ortho nitro benzene ring substituents is 1. The number of benzene rings is 1. The van der Waals surface area contributed by atoms with Gasteiger partial charge in [-0.3, -0.25) is 10.1 Å². The Hall–Kier alpha value is -0.667. The molecule has 0 amide bonds. The molecule has 12 heavy (non-hydrogen) atoms. The summed E-state index contributed by atoms with van der Waals surface area (Å²) >= 11 is 5.35. The van der Waals surface area contributed by atoms with Gasteiger partial charge in [0.2, 0.25) is 0 Å². The van der Waals surface area contributed by atoms with Crippen LogP contribution < -0.4 is 0 Å². The molecule has 1 aromatic carbocycles. The summed E-state index contributed by atoms with van der Waals surface area (Å²) in [6.07, 6.45) is 0. The van der Waals surface area contributed by atoms with E-state index in [4.69, 9.17) is 16.7 Å². The van der Waals surface area contributed by atoms with Crippen LogP contribution in [0.1, 0.15) is 0 Å². The molecular formula is C6H3ClNO3Rh-. The SMILES string of the molecule is O=[N+]([O-])c1[c-]c(Cl)c(O)cc1.[Rh]. The first-order valence-corrected chi connectivity index (χ1v) is 3.04. The number of hydrogen-bond donors (Lipinski definition) is 1. The molecular weight excluding hydrogens is 272 g/mol. The van der Waals surface area contributed by atoms with E-state index in [1.165, 1.54) is 0 Å². The molecule has 0 heterocycles. The summed E-state index contributed by atoms with van der Waals surface area (Å²) in [4.78, 5) is 9.46. The molecule has 0 spiro atoms. The van der Waals surface area contributed by atoms with Crippen LogP contribution in [0.2, 0.25) is 5.02 Å². The fourth-order valence-electron chi connectivity index (χ4n) is 0.556. The van der Waals surface area contributed by atoms with Crippen LogP contribution in [0.15, 0.2) is 12.1 Å². The molecule has 0 aliphatic rings. The first-order chi connectivity index (χ1) is 5.11. The molecule has 0 saturated heterocycles. The van der Waals surface area contributed by atoms with Gasteiger partial charge in [-0.1, -0.05) is 12.1 Å². The van der Waals surface area contributed by atoms with Crippen molar-refractivity contribution >= 4 is 17.3 Å². The summed E-state index contributed by atoms with van der Waals surface area (Å²) in [7, 11) is 0. The van der Waals surface area contributed by atoms with Crippen molar-refractivity contribution in [2.24, 2.45) is 0 Å². The molecule has 1 rings (SSSR count). The molecule has 1 N–H and O–H groups in total. The van der Waals surface area contributed by atoms with Crippen LogP contribution in [0.25, 0.3) is 0 Å². The number of rotatable bonds is 1. The van der Waals surface area contributed by atoms with E-state index in [1.54, 1.807) is 0 Å². The van der Waals surface area contributed by atoms with Crippen molar-refractivity contribution in [1.82, 2.24) is 0 Å². The van der Waals surface area contributed by atoms with Gasteiger partial charge in [-0.25, -0.2) is 0 Å². The fraction of sp³-hybridized carbons (Fsp3) is 0. The van der Waals surface area contributed by atoms with E-state index in [9.17, 15) is 10.1 Å². The van der Waals surface area contributed by atoms with Gasteiger partial charge in [-0.05, 0) is 5.02 Å². The molecule has 1 radical (unpaired) electrons. The van der Waals surface area contributed by atoms with Crippen LogP contribution in [-0.2, 0) is 19.5 Å². The molecule has 4 nitrogen and oxygen atoms in total. The maximum absolute atomic E-state index is 10.1. The molecule has 0 unspecified atom stereocenters. The number of nitro benzene ring substituents is 1. The Labute approximate surface area is 86.1 Å². The summed E-state index contributed by atoms with van der Waals surface area (Å²) < 4.78 is 0. The van der Waals surface area contributed by atoms with Crippen LogP contribution in [0.4, 0.5) is 5.69 Å². The van der Waals surface area contributed by atoms with Crippen LogP contribution in [-0.4, -0.2) is 10.0 Å². The minimum absolute atomic E-state index is 0. The standard InChI is InChI=1S/C6H3ClNO3.Rh/c7-5-3-4(8(10)11)1-2-6(5)9;/h1-2,9H;/q-1;. The molecule has 1 aromatic rings. The Balaban J connectivity index is 0.00000121. The van der Waals surface area contributed by atoms with Crippen molar-refractivity contribution in [2.45, 2.75) is 0 Å². The van der Waals surface area contributed by atoms with Gasteiger partial charge < -0.3 is 5.11 Å². The van der Waals surface area contributed by atoms with E-state index in [-0.39, 0.29) is 35.9 Å². The van der Waals surface area contributed by atoms with E-state index in [2.05, 4.69) is 6.07 Å². The van der Waals surface area contributed by atoms with Gasteiger partial charge >= 0.3 is 0 Å². The number of aromatic hydroxyl groups is 1. The number of nitrogens with zero attached hydrogens (tertiary/aromatic N) is 1. The minimum Gasteiger partial charge on any atom is -0.564 e. The second-order valence-corrected chi connectivity index (χ2v) is 2.18. The number of halogens is 1. The van der Waals surface area contributed by atoms with E-state index < -0.39 is 4.92 Å². The first-order valence-electron chi connectivity index (χ1n) is 2.66. The summed E-state index contributed by atoms with van der Waals surface area (Å²) in [5.41, 5.74) is -0.257. The summed E-state index contributed by atoms with van der Waals surface area (Å²) in [6.45, 7) is 0. The van der Waals surface area contributed by atoms with Crippen molar-refractivity contribution in [1.29, 1.82) is 0 Å². The molecule has 6 heteroatoms. The Kier molecular flexibility index (Phi) is 4.14. The average Bonchev–Trinajstić information content (AvgIpc) is 1.94. The molecule has 0 aromatic heterocycles. The van der Waals surface area contributed by atoms with Crippen LogP contribution >= 0.6 is 11.6 Å². The number of phenolic OH excluding ortho intramolecular Hbond substituents is 1. The van der Waals surface area contributed by atoms with E-state index in [1.807, 2.05) is 0 Å². The van der Waals surface area contributed by atoms with Gasteiger partial charge in [0.1, 0.15) is 0 Å². The van der Waals surface area contributed by atoms with Gasteiger partial charge in [-0.2, -0.15) is 0 Å². The second kappa shape index (κ2) is 4.38. The second-order valence-electron chi connectivity index (χ2n) is 1.80. The minimum atomic E-state index is -0.634. The monoisotopic (exact) mass is 275 g/mol. The topological polar surface area (TPSA) is 63.4 Å². The summed E-state index contributed by atoms with van der Waals surface area (Å²) in [5, 5.41) is 18.8. The average molecular weight is 275 g/mol. The Morgan fingerprint density at radius 3 is 2.58 bits per heavy atom. The third-order valence-corrected chi connectivity index (χ3v) is 1.35. The number of phenols is 1. The smallest absolute Gasteiger partial charge is 0.164 e. The van der Waals surface area contributed by atoms with E-state index in [0.717, 1.165) is 12.1 Å². The van der Waals surface area contributed by atoms with Gasteiger partial charge in [-0.15, -0.1) is 17.7 Å². The molecule has 0 atom stereocenters. The zero-order chi connectivity index (χ0) is 8.43. The van der Waals surface area contributed by atoms with Crippen LogP contribution in [0, 0.1) is 16.2 Å². The predicted octanol–water partition coefficient (Wildman–Crippen LogP) is 1.75. The first kappa shape index (κ1) is 11.3. The van der Waals surface area contributed by atoms with Crippen LogP contribution in [0.3, 0.4) is 0 Å². The molecule has 0 bridgehead atoms. The predicted molar refractivity (Wildman–Crippen MR) is 38.6 cm³/mol. The Morgan fingerprint density at radius 1 is 1.58 bits per heavy atom. The largest absolute Gasteiger partial charge is 0.564 e. The quantitative estimate of drug-likeness (QED) is 0.367. The summed E-state index contributed by atoms with van der Waals surface area (Å²) in [6, 6.07) is 4.47. The normalized spacial score (nSPS) is 8.75. The van der Waals surface area contributed by atoms with Gasteiger partial charge in [0.15, 0.2) is 5.69 Å². The fourth-order valence-corrected chi connectivity index (χ4v) is 0.715. The van der Waals surface area contributed by atoms with Crippen molar-refractivity contribution in [2.75, 3.05) is 0 Å². The molecule has 0 saturated carbocycles. The molecule has 0 aliphatic heterocycles. The number of nitro groups is 1. The van der Waals surface area contributed by atoms with Crippen molar-refractivity contribution in [3.05, 3.63) is 33.3 Å². The third kappa shape index (κ3) is 2.43. The number of hydrogen-bond acceptors (Lipinski definition) is 3. The van der Waals surface area contributed by atoms with Crippen LogP contribution in [0.5, 0.6) is 5.75 Å². The van der Waals surface area contributed by atoms with Crippen molar-refractivity contribution in [3.8, 4) is 5.75 Å². The van der Waals surface area contributed by atoms with E-state index in [0.29, 0.717) is 0 Å². The Bertz CT molecular complexity index is 305. The molecule has 0 fully saturated rings. The molecule has 67 valence electrons. The van der Waals surface area contributed by atoms with Gasteiger partial charge in [0.05, 0.1) is 0 Å². The maximum atomic E-state index is 10.1. The summed E-state index contributed by atoms with van der Waals surface area (Å²) in [5.74, 6) is -0.211. The third-order valence-electron chi connectivity index (χ3n) is 1.06. The van der Waals surface area contributed by atoms with Gasteiger partial charge in [0.25, 0.3) is 0 Å². The zero-order valence-electron chi connectivity index (χ0n) is 5.58. The van der Waals surface area contributed by atoms with E-state index >= 15 is 0 Å². The maximum Gasteiger partial charge on any atom is 0.164 e. The zero-order valence-corrected chi connectivity index (χ0v) is 7.97. The Morgan fingerprint density at radius 2 is 2.17 bits per heavy atom. The van der Waals surface area contributed by atoms with Crippen molar-refractivity contribution < 1.29 is 29.5 Å².